The van der Waals surface area contributed by atoms with Gasteiger partial charge in [0.1, 0.15) is 4.87 Å². The quantitative estimate of drug-likeness (QED) is 0.685. The van der Waals surface area contributed by atoms with E-state index in [4.69, 9.17) is 16.3 Å². The van der Waals surface area contributed by atoms with E-state index >= 15 is 0 Å². The van der Waals surface area contributed by atoms with Crippen molar-refractivity contribution in [2.45, 2.75) is 24.3 Å². The van der Waals surface area contributed by atoms with Gasteiger partial charge in [-0.25, -0.2) is 0 Å². The van der Waals surface area contributed by atoms with Crippen LogP contribution < -0.4 is 0 Å². The highest BCUT2D eigenvalue weighted by Crippen LogP contribution is 2.55. The molecule has 0 aromatic carbocycles. The van der Waals surface area contributed by atoms with Gasteiger partial charge in [0.25, 0.3) is 0 Å². The first kappa shape index (κ1) is 8.54. The van der Waals surface area contributed by atoms with Crippen LogP contribution in [0.25, 0.3) is 0 Å². The first-order chi connectivity index (χ1) is 5.77. The molecule has 0 N–H and O–H groups in total. The number of halogens is 1. The van der Waals surface area contributed by atoms with Gasteiger partial charge in [-0.1, -0.05) is 6.07 Å². The van der Waals surface area contributed by atoms with Crippen molar-refractivity contribution in [3.63, 3.8) is 0 Å². The van der Waals surface area contributed by atoms with Crippen molar-refractivity contribution in [2.75, 3.05) is 6.61 Å². The molecule has 1 aliphatic carbocycles. The lowest BCUT2D eigenvalue weighted by atomic mass is 10.3. The Morgan fingerprint density at radius 1 is 1.83 bits per heavy atom. The molecule has 0 spiro atoms. The Hall–Kier alpha value is -0.0500. The predicted molar refractivity (Wildman–Crippen MR) is 51.9 cm³/mol. The number of thiophene rings is 1. The first-order valence-electron chi connectivity index (χ1n) is 4.12. The zero-order chi connectivity index (χ0) is 8.60. The minimum absolute atomic E-state index is 0.190. The zero-order valence-corrected chi connectivity index (χ0v) is 8.49. The van der Waals surface area contributed by atoms with Crippen LogP contribution in [-0.4, -0.2) is 12.7 Å². The second kappa shape index (κ2) is 3.02. The molecule has 3 heteroatoms. The smallest absolute Gasteiger partial charge is 0.107 e. The third kappa shape index (κ3) is 1.28. The summed E-state index contributed by atoms with van der Waals surface area (Å²) in [6.07, 6.45) is 1.20. The summed E-state index contributed by atoms with van der Waals surface area (Å²) in [4.78, 5) is 1.05. The van der Waals surface area contributed by atoms with E-state index in [-0.39, 0.29) is 11.0 Å². The van der Waals surface area contributed by atoms with Crippen molar-refractivity contribution in [2.24, 2.45) is 0 Å². The second-order valence-electron chi connectivity index (χ2n) is 2.99. The molecule has 66 valence electrons. The molecular weight excluding hydrogens is 192 g/mol. The predicted octanol–water partition coefficient (Wildman–Crippen LogP) is 2.99. The summed E-state index contributed by atoms with van der Waals surface area (Å²) in [5, 5.41) is 2.06. The molecule has 1 aromatic heterocycles. The van der Waals surface area contributed by atoms with Crippen LogP contribution in [0.15, 0.2) is 17.5 Å². The van der Waals surface area contributed by atoms with Crippen molar-refractivity contribution < 1.29 is 4.74 Å². The third-order valence-corrected chi connectivity index (χ3v) is 3.89. The van der Waals surface area contributed by atoms with Crippen molar-refractivity contribution in [3.8, 4) is 0 Å². The summed E-state index contributed by atoms with van der Waals surface area (Å²) in [7, 11) is 0. The molecule has 0 radical (unpaired) electrons. The lowest BCUT2D eigenvalue weighted by molar-refractivity contribution is 0.125. The van der Waals surface area contributed by atoms with Gasteiger partial charge in [-0.3, -0.25) is 0 Å². The van der Waals surface area contributed by atoms with E-state index in [2.05, 4.69) is 11.4 Å². The van der Waals surface area contributed by atoms with Gasteiger partial charge in [0.05, 0.1) is 6.10 Å². The van der Waals surface area contributed by atoms with Crippen LogP contribution in [0.2, 0.25) is 0 Å². The van der Waals surface area contributed by atoms with E-state index in [1.54, 1.807) is 11.3 Å². The molecule has 1 aromatic rings. The molecule has 1 nitrogen and oxygen atoms in total. The number of rotatable bonds is 3. The largest absolute Gasteiger partial charge is 0.376 e. The Morgan fingerprint density at radius 2 is 2.67 bits per heavy atom. The Morgan fingerprint density at radius 3 is 3.25 bits per heavy atom. The van der Waals surface area contributed by atoms with Crippen LogP contribution in [0.1, 0.15) is 18.2 Å². The molecule has 1 aliphatic rings. The van der Waals surface area contributed by atoms with Gasteiger partial charge in [0, 0.05) is 17.9 Å². The summed E-state index contributed by atoms with van der Waals surface area (Å²) in [6, 6.07) is 4.11. The lowest BCUT2D eigenvalue weighted by Crippen LogP contribution is -2.05. The fourth-order valence-corrected chi connectivity index (χ4v) is 2.65. The van der Waals surface area contributed by atoms with E-state index in [9.17, 15) is 0 Å². The Labute approximate surface area is 81.3 Å². The minimum atomic E-state index is -0.190. The summed E-state index contributed by atoms with van der Waals surface area (Å²) < 4.78 is 5.47. The van der Waals surface area contributed by atoms with E-state index < -0.39 is 0 Å². The van der Waals surface area contributed by atoms with E-state index in [1.165, 1.54) is 4.88 Å². The molecule has 0 bridgehead atoms. The molecule has 2 rings (SSSR count). The minimum Gasteiger partial charge on any atom is -0.376 e. The SMILES string of the molecule is CCOC1CC1(Cl)c1cccs1. The van der Waals surface area contributed by atoms with Crippen LogP contribution in [-0.2, 0) is 9.61 Å². The molecule has 0 saturated heterocycles. The standard InChI is InChI=1S/C9H11ClOS/c1-2-11-7-6-9(7,10)8-4-3-5-12-8/h3-5,7H,2,6H2,1H3. The van der Waals surface area contributed by atoms with Gasteiger partial charge in [-0.2, -0.15) is 0 Å². The second-order valence-corrected chi connectivity index (χ2v) is 4.61. The van der Waals surface area contributed by atoms with Crippen LogP contribution in [0.3, 0.4) is 0 Å². The molecule has 1 heterocycles. The van der Waals surface area contributed by atoms with Crippen LogP contribution in [0, 0.1) is 0 Å². The fraction of sp³-hybridized carbons (Fsp3) is 0.556. The van der Waals surface area contributed by atoms with Gasteiger partial charge in [0.15, 0.2) is 0 Å². The van der Waals surface area contributed by atoms with Gasteiger partial charge >= 0.3 is 0 Å². The Balaban J connectivity index is 2.07. The summed E-state index contributed by atoms with van der Waals surface area (Å²) in [5.41, 5.74) is 0. The van der Waals surface area contributed by atoms with Gasteiger partial charge in [-0.05, 0) is 18.4 Å². The number of ether oxygens (including phenoxy) is 1. The normalized spacial score (nSPS) is 33.7. The molecule has 12 heavy (non-hydrogen) atoms. The van der Waals surface area contributed by atoms with Crippen molar-refractivity contribution >= 4 is 22.9 Å². The number of alkyl halides is 1. The molecule has 2 unspecified atom stereocenters. The van der Waals surface area contributed by atoms with Crippen molar-refractivity contribution in [1.29, 1.82) is 0 Å². The van der Waals surface area contributed by atoms with Crippen molar-refractivity contribution in [1.82, 2.24) is 0 Å². The molecule has 1 fully saturated rings. The summed E-state index contributed by atoms with van der Waals surface area (Å²) in [6.45, 7) is 2.76. The van der Waals surface area contributed by atoms with Crippen LogP contribution in [0.5, 0.6) is 0 Å². The highest BCUT2D eigenvalue weighted by atomic mass is 35.5. The lowest BCUT2D eigenvalue weighted by Gasteiger charge is -2.05. The summed E-state index contributed by atoms with van der Waals surface area (Å²) >= 11 is 8.05. The maximum Gasteiger partial charge on any atom is 0.107 e. The average molecular weight is 203 g/mol. The maximum absolute atomic E-state index is 6.34. The molecule has 2 atom stereocenters. The average Bonchev–Trinajstić information content (AvgIpc) is 2.57. The molecule has 0 aliphatic heterocycles. The Kier molecular flexibility index (Phi) is 2.15. The number of hydrogen-bond acceptors (Lipinski definition) is 2. The summed E-state index contributed by atoms with van der Waals surface area (Å²) in [5.74, 6) is 0. The highest BCUT2D eigenvalue weighted by Gasteiger charge is 2.56. The fourth-order valence-electron chi connectivity index (χ4n) is 1.38. The maximum atomic E-state index is 6.34. The first-order valence-corrected chi connectivity index (χ1v) is 5.37. The van der Waals surface area contributed by atoms with Gasteiger partial charge < -0.3 is 4.74 Å². The third-order valence-electron chi connectivity index (χ3n) is 2.13. The molecule has 0 amide bonds. The van der Waals surface area contributed by atoms with E-state index in [0.717, 1.165) is 13.0 Å². The van der Waals surface area contributed by atoms with Gasteiger partial charge in [0.2, 0.25) is 0 Å². The molecular formula is C9H11ClOS. The van der Waals surface area contributed by atoms with Crippen molar-refractivity contribution in [3.05, 3.63) is 22.4 Å². The van der Waals surface area contributed by atoms with Gasteiger partial charge in [-0.15, -0.1) is 22.9 Å². The van der Waals surface area contributed by atoms with Crippen LogP contribution >= 0.6 is 22.9 Å². The topological polar surface area (TPSA) is 9.23 Å². The van der Waals surface area contributed by atoms with E-state index in [1.807, 2.05) is 13.0 Å². The zero-order valence-electron chi connectivity index (χ0n) is 6.92. The molecule has 1 saturated carbocycles. The van der Waals surface area contributed by atoms with Crippen LogP contribution in [0.4, 0.5) is 0 Å². The van der Waals surface area contributed by atoms with E-state index in [0.29, 0.717) is 0 Å². The number of hydrogen-bond donors (Lipinski definition) is 0. The monoisotopic (exact) mass is 202 g/mol. The Bertz CT molecular complexity index is 260. The highest BCUT2D eigenvalue weighted by molar-refractivity contribution is 7.10.